The summed E-state index contributed by atoms with van der Waals surface area (Å²) in [6.07, 6.45) is 1.88. The molecule has 0 aliphatic carbocycles. The number of hydrogen-bond acceptors (Lipinski definition) is 6. The van der Waals surface area contributed by atoms with Gasteiger partial charge in [0.15, 0.2) is 5.88 Å². The van der Waals surface area contributed by atoms with Gasteiger partial charge in [0, 0.05) is 11.1 Å². The predicted octanol–water partition coefficient (Wildman–Crippen LogP) is 4.12. The van der Waals surface area contributed by atoms with Gasteiger partial charge in [-0.15, -0.1) is 0 Å². The van der Waals surface area contributed by atoms with E-state index in [1.54, 1.807) is 18.2 Å². The molecular formula is C23H25NO5. The zero-order valence-electron chi connectivity index (χ0n) is 17.1. The number of methoxy groups -OCH3 is 1. The van der Waals surface area contributed by atoms with Gasteiger partial charge in [-0.3, -0.25) is 0 Å². The van der Waals surface area contributed by atoms with Gasteiger partial charge in [0.05, 0.1) is 24.7 Å². The number of hydrogen-bond donors (Lipinski definition) is 1. The van der Waals surface area contributed by atoms with Crippen LogP contribution in [0.15, 0.2) is 48.4 Å². The molecule has 0 radical (unpaired) electrons. The Morgan fingerprint density at radius 3 is 2.45 bits per heavy atom. The fraction of sp³-hybridized carbons (Fsp3) is 0.348. The first kappa shape index (κ1) is 19.2. The molecule has 2 aromatic rings. The summed E-state index contributed by atoms with van der Waals surface area (Å²) in [6.45, 7) is 7.26. The molecule has 29 heavy (non-hydrogen) atoms. The molecule has 152 valence electrons. The van der Waals surface area contributed by atoms with Gasteiger partial charge in [0.1, 0.15) is 23.9 Å². The molecule has 0 amide bonds. The van der Waals surface area contributed by atoms with Crippen LogP contribution in [0.5, 0.6) is 17.2 Å². The first-order valence-corrected chi connectivity index (χ1v) is 9.51. The molecule has 1 spiro atoms. The molecule has 2 aliphatic rings. The van der Waals surface area contributed by atoms with E-state index in [1.165, 1.54) is 7.11 Å². The van der Waals surface area contributed by atoms with Crippen molar-refractivity contribution in [1.82, 2.24) is 0 Å². The van der Waals surface area contributed by atoms with Gasteiger partial charge in [-0.2, -0.15) is 0 Å². The van der Waals surface area contributed by atoms with E-state index < -0.39 is 11.4 Å². The highest BCUT2D eigenvalue weighted by molar-refractivity contribution is 5.90. The minimum Gasteiger partial charge on any atom is -0.493 e. The molecule has 2 heterocycles. The maximum atomic E-state index is 12.1. The molecule has 1 atom stereocenters. The van der Waals surface area contributed by atoms with E-state index in [2.05, 4.69) is 20.8 Å². The summed E-state index contributed by atoms with van der Waals surface area (Å²) in [5.41, 5.74) is 7.51. The summed E-state index contributed by atoms with van der Waals surface area (Å²) < 4.78 is 22.7. The summed E-state index contributed by atoms with van der Waals surface area (Å²) in [5.74, 6) is 2.04. The van der Waals surface area contributed by atoms with Gasteiger partial charge >= 0.3 is 5.97 Å². The van der Waals surface area contributed by atoms with Crippen molar-refractivity contribution in [3.05, 3.63) is 65.0 Å². The third kappa shape index (κ3) is 3.39. The Morgan fingerprint density at radius 1 is 1.14 bits per heavy atom. The molecule has 2 N–H and O–H groups in total. The number of carbonyl (C=O) groups is 1. The number of carbonyl (C=O) groups excluding carboxylic acids is 1. The second-order valence-electron chi connectivity index (χ2n) is 8.62. The SMILES string of the molecule is COC(=O)c1ccc2c(c1)[C@]1(C=C(N)OC1)c1cc(OCC(C)(C)C)ccc1O2. The average molecular weight is 395 g/mol. The summed E-state index contributed by atoms with van der Waals surface area (Å²) in [5, 5.41) is 0. The molecule has 0 saturated carbocycles. The topological polar surface area (TPSA) is 80.0 Å². The third-order valence-corrected chi connectivity index (χ3v) is 5.06. The first-order valence-electron chi connectivity index (χ1n) is 9.51. The van der Waals surface area contributed by atoms with E-state index in [0.29, 0.717) is 36.2 Å². The lowest BCUT2D eigenvalue weighted by molar-refractivity contribution is 0.0600. The summed E-state index contributed by atoms with van der Waals surface area (Å²) >= 11 is 0. The van der Waals surface area contributed by atoms with Crippen LogP contribution >= 0.6 is 0 Å². The number of esters is 1. The van der Waals surface area contributed by atoms with Crippen LogP contribution in [-0.4, -0.2) is 26.3 Å². The minimum absolute atomic E-state index is 0.0346. The second kappa shape index (κ2) is 6.72. The maximum absolute atomic E-state index is 12.1. The lowest BCUT2D eigenvalue weighted by Gasteiger charge is -2.35. The van der Waals surface area contributed by atoms with Crippen LogP contribution in [-0.2, 0) is 14.9 Å². The van der Waals surface area contributed by atoms with Crippen LogP contribution < -0.4 is 15.2 Å². The Hall–Kier alpha value is -3.15. The van der Waals surface area contributed by atoms with E-state index in [-0.39, 0.29) is 5.41 Å². The molecule has 4 rings (SSSR count). The van der Waals surface area contributed by atoms with Crippen LogP contribution in [0.25, 0.3) is 0 Å². The Kier molecular flexibility index (Phi) is 4.45. The van der Waals surface area contributed by atoms with E-state index in [4.69, 9.17) is 24.7 Å². The van der Waals surface area contributed by atoms with Crippen LogP contribution in [0.3, 0.4) is 0 Å². The van der Waals surface area contributed by atoms with Crippen molar-refractivity contribution in [2.45, 2.75) is 26.2 Å². The van der Waals surface area contributed by atoms with Crippen LogP contribution in [0, 0.1) is 5.41 Å². The van der Waals surface area contributed by atoms with Crippen molar-refractivity contribution in [2.75, 3.05) is 20.3 Å². The van der Waals surface area contributed by atoms with Crippen LogP contribution in [0.2, 0.25) is 0 Å². The van der Waals surface area contributed by atoms with E-state index >= 15 is 0 Å². The zero-order chi connectivity index (χ0) is 20.8. The molecule has 6 heteroatoms. The summed E-state index contributed by atoms with van der Waals surface area (Å²) in [7, 11) is 1.36. The number of benzene rings is 2. The Bertz CT molecular complexity index is 1000. The minimum atomic E-state index is -0.669. The normalized spacial score (nSPS) is 19.5. The fourth-order valence-electron chi connectivity index (χ4n) is 3.65. The Labute approximate surface area is 170 Å². The fourth-order valence-corrected chi connectivity index (χ4v) is 3.65. The number of fused-ring (bicyclic) bond motifs is 4. The smallest absolute Gasteiger partial charge is 0.337 e. The van der Waals surface area contributed by atoms with Crippen molar-refractivity contribution in [1.29, 1.82) is 0 Å². The van der Waals surface area contributed by atoms with Gasteiger partial charge in [0.2, 0.25) is 0 Å². The van der Waals surface area contributed by atoms with Crippen LogP contribution in [0.4, 0.5) is 0 Å². The lowest BCUT2D eigenvalue weighted by Crippen LogP contribution is -2.31. The molecule has 6 nitrogen and oxygen atoms in total. The van der Waals surface area contributed by atoms with Gasteiger partial charge in [0.25, 0.3) is 0 Å². The van der Waals surface area contributed by atoms with Crippen molar-refractivity contribution in [3.8, 4) is 17.2 Å². The molecule has 0 unspecified atom stereocenters. The number of nitrogens with two attached hydrogens (primary N) is 1. The van der Waals surface area contributed by atoms with Crippen molar-refractivity contribution in [3.63, 3.8) is 0 Å². The molecule has 2 aromatic carbocycles. The van der Waals surface area contributed by atoms with Gasteiger partial charge in [-0.25, -0.2) is 4.79 Å². The molecular weight excluding hydrogens is 370 g/mol. The van der Waals surface area contributed by atoms with Gasteiger partial charge in [-0.1, -0.05) is 20.8 Å². The summed E-state index contributed by atoms with van der Waals surface area (Å²) in [4.78, 5) is 12.1. The zero-order valence-corrected chi connectivity index (χ0v) is 17.1. The quantitative estimate of drug-likeness (QED) is 0.788. The number of ether oxygens (including phenoxy) is 4. The monoisotopic (exact) mass is 395 g/mol. The molecule has 0 saturated heterocycles. The lowest BCUT2D eigenvalue weighted by atomic mass is 9.73. The highest BCUT2D eigenvalue weighted by Crippen LogP contribution is 2.52. The highest BCUT2D eigenvalue weighted by Gasteiger charge is 2.45. The van der Waals surface area contributed by atoms with Crippen LogP contribution in [0.1, 0.15) is 42.3 Å². The summed E-state index contributed by atoms with van der Waals surface area (Å²) in [6, 6.07) is 11.0. The van der Waals surface area contributed by atoms with E-state index in [9.17, 15) is 4.79 Å². The molecule has 0 fully saturated rings. The van der Waals surface area contributed by atoms with Crippen molar-refractivity contribution >= 4 is 5.97 Å². The predicted molar refractivity (Wildman–Crippen MR) is 108 cm³/mol. The third-order valence-electron chi connectivity index (χ3n) is 5.06. The molecule has 0 aromatic heterocycles. The van der Waals surface area contributed by atoms with E-state index in [1.807, 2.05) is 24.3 Å². The highest BCUT2D eigenvalue weighted by atomic mass is 16.5. The maximum Gasteiger partial charge on any atom is 0.337 e. The van der Waals surface area contributed by atoms with Gasteiger partial charge in [-0.05, 0) is 47.9 Å². The van der Waals surface area contributed by atoms with Crippen molar-refractivity contribution in [2.24, 2.45) is 11.1 Å². The Balaban J connectivity index is 1.83. The molecule has 2 aliphatic heterocycles. The second-order valence-corrected chi connectivity index (χ2v) is 8.62. The van der Waals surface area contributed by atoms with E-state index in [0.717, 1.165) is 16.9 Å². The largest absolute Gasteiger partial charge is 0.493 e. The van der Waals surface area contributed by atoms with Gasteiger partial charge < -0.3 is 24.7 Å². The molecule has 0 bridgehead atoms. The average Bonchev–Trinajstić information content (AvgIpc) is 3.08. The van der Waals surface area contributed by atoms with Crippen molar-refractivity contribution < 1.29 is 23.7 Å². The number of rotatable bonds is 3. The standard InChI is InChI=1S/C23H25NO5/c1-22(2,3)12-27-15-6-8-19-17(10-15)23(11-20(24)28-13-23)16-9-14(21(25)26-4)5-7-18(16)29-19/h5-11H,12-13,24H2,1-4H3/t23-/m1/s1. The first-order chi connectivity index (χ1) is 13.7. The Morgan fingerprint density at radius 2 is 1.83 bits per heavy atom.